The second kappa shape index (κ2) is 8.40. The lowest BCUT2D eigenvalue weighted by molar-refractivity contribution is -0.152. The van der Waals surface area contributed by atoms with Crippen LogP contribution in [0.1, 0.15) is 5.76 Å². The van der Waals surface area contributed by atoms with Gasteiger partial charge in [0, 0.05) is 5.56 Å². The lowest BCUT2D eigenvalue weighted by Crippen LogP contribution is -2.14. The zero-order valence-electron chi connectivity index (χ0n) is 14.3. The van der Waals surface area contributed by atoms with Crippen LogP contribution in [0.2, 0.25) is 0 Å². The predicted octanol–water partition coefficient (Wildman–Crippen LogP) is 3.84. The monoisotopic (exact) mass is 418 g/mol. The van der Waals surface area contributed by atoms with E-state index in [4.69, 9.17) is 5.14 Å². The van der Waals surface area contributed by atoms with Crippen molar-refractivity contribution in [2.24, 2.45) is 5.14 Å². The van der Waals surface area contributed by atoms with Crippen LogP contribution >= 0.6 is 0 Å². The molecule has 150 valence electrons. The lowest BCUT2D eigenvalue weighted by Gasteiger charge is -2.08. The van der Waals surface area contributed by atoms with Gasteiger partial charge in [0.05, 0.1) is 12.0 Å². The van der Waals surface area contributed by atoms with Crippen LogP contribution in [0.25, 0.3) is 11.3 Å². The molecule has 2 aromatic carbocycles. The van der Waals surface area contributed by atoms with Crippen LogP contribution in [0.4, 0.5) is 17.6 Å². The number of aromatic nitrogens is 1. The standard InChI is InChI=1S/C10H7F3N2O3S.C7H7FO/c11-10(12,13)9-8(15-5-18-9)6-3-1-2-4-7(6)19(14,16)17;1-9-7-5-3-2-4-6(7)8/h1-5H,(H2,14,16,17);2-5H,1H3. The molecule has 0 saturated carbocycles. The Kier molecular flexibility index (Phi) is 6.41. The maximum absolute atomic E-state index is 12.7. The van der Waals surface area contributed by atoms with Crippen molar-refractivity contribution in [3.05, 3.63) is 66.5 Å². The van der Waals surface area contributed by atoms with Gasteiger partial charge in [-0.15, -0.1) is 0 Å². The van der Waals surface area contributed by atoms with Gasteiger partial charge < -0.3 is 9.15 Å². The molecule has 0 amide bonds. The van der Waals surface area contributed by atoms with E-state index < -0.39 is 32.5 Å². The minimum Gasteiger partial charge on any atom is -0.494 e. The molecular formula is C17H14F4N2O4S. The first kappa shape index (κ1) is 21.4. The minimum absolute atomic E-state index is 0.258. The van der Waals surface area contributed by atoms with Crippen LogP contribution in [-0.2, 0) is 16.2 Å². The Morgan fingerprint density at radius 3 is 2.21 bits per heavy atom. The second-order valence-corrected chi connectivity index (χ2v) is 6.73. The number of halogens is 4. The Morgan fingerprint density at radius 2 is 1.68 bits per heavy atom. The third kappa shape index (κ3) is 5.08. The number of benzene rings is 2. The molecule has 2 N–H and O–H groups in total. The number of methoxy groups -OCH3 is 1. The number of nitrogens with zero attached hydrogens (tertiary/aromatic N) is 1. The molecule has 3 aromatic rings. The number of hydrogen-bond acceptors (Lipinski definition) is 5. The number of hydrogen-bond donors (Lipinski definition) is 1. The average molecular weight is 418 g/mol. The third-order valence-corrected chi connectivity index (χ3v) is 4.30. The van der Waals surface area contributed by atoms with Crippen molar-refractivity contribution in [3.63, 3.8) is 0 Å². The van der Waals surface area contributed by atoms with Crippen LogP contribution in [0.15, 0.2) is 64.2 Å². The maximum atomic E-state index is 12.7. The summed E-state index contributed by atoms with van der Waals surface area (Å²) in [5, 5.41) is 4.96. The first-order valence-electron chi connectivity index (χ1n) is 7.47. The number of primary sulfonamides is 1. The molecule has 6 nitrogen and oxygen atoms in total. The summed E-state index contributed by atoms with van der Waals surface area (Å²) < 4.78 is 82.2. The van der Waals surface area contributed by atoms with Gasteiger partial charge in [-0.1, -0.05) is 30.3 Å². The van der Waals surface area contributed by atoms with E-state index >= 15 is 0 Å². The van der Waals surface area contributed by atoms with Gasteiger partial charge in [0.25, 0.3) is 0 Å². The fourth-order valence-corrected chi connectivity index (χ4v) is 2.90. The quantitative estimate of drug-likeness (QED) is 0.652. The van der Waals surface area contributed by atoms with Crippen molar-refractivity contribution in [1.29, 1.82) is 0 Å². The molecule has 11 heteroatoms. The van der Waals surface area contributed by atoms with Crippen LogP contribution in [0.3, 0.4) is 0 Å². The number of nitrogens with two attached hydrogens (primary N) is 1. The van der Waals surface area contributed by atoms with E-state index in [1.54, 1.807) is 18.2 Å². The van der Waals surface area contributed by atoms with Crippen molar-refractivity contribution in [2.45, 2.75) is 11.1 Å². The summed E-state index contributed by atoms with van der Waals surface area (Å²) in [6.45, 7) is 0. The molecule has 0 saturated heterocycles. The van der Waals surface area contributed by atoms with Crippen LogP contribution < -0.4 is 9.88 Å². The first-order chi connectivity index (χ1) is 13.1. The molecule has 0 bridgehead atoms. The summed E-state index contributed by atoms with van der Waals surface area (Å²) in [6.07, 6.45) is -4.19. The summed E-state index contributed by atoms with van der Waals surface area (Å²) in [6, 6.07) is 11.3. The van der Waals surface area contributed by atoms with Crippen molar-refractivity contribution in [3.8, 4) is 17.0 Å². The summed E-state index contributed by atoms with van der Waals surface area (Å²) in [5.74, 6) is -1.40. The zero-order valence-corrected chi connectivity index (χ0v) is 15.1. The molecule has 1 heterocycles. The zero-order chi connectivity index (χ0) is 20.9. The van der Waals surface area contributed by atoms with Crippen LogP contribution in [0.5, 0.6) is 5.75 Å². The molecule has 0 unspecified atom stereocenters. The molecule has 0 radical (unpaired) electrons. The molecule has 0 spiro atoms. The smallest absolute Gasteiger partial charge is 0.451 e. The van der Waals surface area contributed by atoms with E-state index in [1.807, 2.05) is 0 Å². The molecule has 0 aliphatic heterocycles. The van der Waals surface area contributed by atoms with Crippen molar-refractivity contribution < 1.29 is 35.1 Å². The number of ether oxygens (including phenoxy) is 1. The average Bonchev–Trinajstić information content (AvgIpc) is 3.12. The Labute approximate surface area is 157 Å². The molecule has 0 atom stereocenters. The fraction of sp³-hybridized carbons (Fsp3) is 0.118. The van der Waals surface area contributed by atoms with Gasteiger partial charge in [-0.25, -0.2) is 22.9 Å². The molecule has 3 rings (SSSR count). The Morgan fingerprint density at radius 1 is 1.07 bits per heavy atom. The summed E-state index contributed by atoms with van der Waals surface area (Å²) in [7, 11) is -2.73. The van der Waals surface area contributed by atoms with E-state index in [0.29, 0.717) is 6.39 Å². The second-order valence-electron chi connectivity index (χ2n) is 5.20. The van der Waals surface area contributed by atoms with Gasteiger partial charge in [-0.05, 0) is 18.2 Å². The number of para-hydroxylation sites is 1. The van der Waals surface area contributed by atoms with Crippen molar-refractivity contribution >= 4 is 10.0 Å². The molecule has 1 aromatic heterocycles. The SMILES string of the molecule is COc1ccccc1F.NS(=O)(=O)c1ccccc1-c1ncoc1C(F)(F)F. The first-order valence-corrected chi connectivity index (χ1v) is 9.01. The third-order valence-electron chi connectivity index (χ3n) is 3.33. The minimum atomic E-state index is -4.78. The molecule has 0 aliphatic carbocycles. The predicted molar refractivity (Wildman–Crippen MR) is 91.3 cm³/mol. The number of sulfonamides is 1. The van der Waals surface area contributed by atoms with Gasteiger partial charge in [-0.2, -0.15) is 13.2 Å². The van der Waals surface area contributed by atoms with Gasteiger partial charge >= 0.3 is 6.18 Å². The number of oxazole rings is 1. The molecule has 0 aliphatic rings. The highest BCUT2D eigenvalue weighted by Crippen LogP contribution is 2.38. The Hall–Kier alpha value is -2.92. The Bertz CT molecular complexity index is 1050. The molecule has 0 fully saturated rings. The highest BCUT2D eigenvalue weighted by atomic mass is 32.2. The van der Waals surface area contributed by atoms with E-state index in [2.05, 4.69) is 14.1 Å². The summed E-state index contributed by atoms with van der Waals surface area (Å²) >= 11 is 0. The molecular weight excluding hydrogens is 404 g/mol. The number of rotatable bonds is 3. The van der Waals surface area contributed by atoms with E-state index in [1.165, 1.54) is 31.4 Å². The fourth-order valence-electron chi connectivity index (χ4n) is 2.16. The summed E-state index contributed by atoms with van der Waals surface area (Å²) in [4.78, 5) is 2.97. The number of alkyl halides is 3. The van der Waals surface area contributed by atoms with Gasteiger partial charge in [0.1, 0.15) is 5.69 Å². The van der Waals surface area contributed by atoms with Crippen LogP contribution in [-0.4, -0.2) is 20.5 Å². The highest BCUT2D eigenvalue weighted by molar-refractivity contribution is 7.89. The normalized spacial score (nSPS) is 11.5. The van der Waals surface area contributed by atoms with Crippen molar-refractivity contribution in [2.75, 3.05) is 7.11 Å². The van der Waals surface area contributed by atoms with Gasteiger partial charge in [-0.3, -0.25) is 0 Å². The van der Waals surface area contributed by atoms with Crippen LogP contribution in [0, 0.1) is 5.82 Å². The topological polar surface area (TPSA) is 95.4 Å². The van der Waals surface area contributed by atoms with Gasteiger partial charge in [0.2, 0.25) is 15.8 Å². The highest BCUT2D eigenvalue weighted by Gasteiger charge is 2.39. The van der Waals surface area contributed by atoms with E-state index in [-0.39, 0.29) is 17.1 Å². The van der Waals surface area contributed by atoms with Crippen molar-refractivity contribution in [1.82, 2.24) is 4.98 Å². The maximum Gasteiger partial charge on any atom is 0.451 e. The lowest BCUT2D eigenvalue weighted by atomic mass is 10.1. The van der Waals surface area contributed by atoms with Gasteiger partial charge in [0.15, 0.2) is 18.0 Å². The summed E-state index contributed by atoms with van der Waals surface area (Å²) in [5.41, 5.74) is -0.872. The molecule has 28 heavy (non-hydrogen) atoms. The van der Waals surface area contributed by atoms with E-state index in [9.17, 15) is 26.0 Å². The van der Waals surface area contributed by atoms with E-state index in [0.717, 1.165) is 6.07 Å². The largest absolute Gasteiger partial charge is 0.494 e. The Balaban J connectivity index is 0.000000261.